The van der Waals surface area contributed by atoms with Crippen LogP contribution in [0.2, 0.25) is 0 Å². The number of anilines is 3. The van der Waals surface area contributed by atoms with E-state index in [-0.39, 0.29) is 10.8 Å². The highest BCUT2D eigenvalue weighted by molar-refractivity contribution is 6.09. The Kier molecular flexibility index (Phi) is 8.43. The van der Waals surface area contributed by atoms with Crippen LogP contribution in [0.1, 0.15) is 74.9 Å². The van der Waals surface area contributed by atoms with Crippen LogP contribution in [0.3, 0.4) is 0 Å². The standard InChI is InChI=1S/C52H50N4/c1-50(2,3)38-26-28-46-48(32-38)55(35-54(46)7)42-22-16-21-40(31-42)52(36-17-10-8-11-18-36,37-19-12-9-13-20-37)41-25-27-44-43-23-14-15-24-45(43)56(47(44)33-41)49-34-39(29-30-53-49)51(4,5)6/h8-34H,35H2,1-7H3. The lowest BCUT2D eigenvalue weighted by atomic mass is 9.65. The van der Waals surface area contributed by atoms with Gasteiger partial charge in [0.1, 0.15) is 5.82 Å². The highest BCUT2D eigenvalue weighted by Crippen LogP contribution is 2.49. The zero-order chi connectivity index (χ0) is 38.8. The average Bonchev–Trinajstić information content (AvgIpc) is 3.72. The average molecular weight is 731 g/mol. The molecule has 1 aliphatic heterocycles. The SMILES string of the molecule is CN1CN(c2cccc(C(c3ccccc3)(c3ccccc3)c3ccc4c5ccccc5n(-c5cc(C(C)(C)C)ccn5)c4c3)c2)c2cc(C(C)(C)C)ccc21. The van der Waals surface area contributed by atoms with Gasteiger partial charge in [0.25, 0.3) is 0 Å². The molecule has 0 unspecified atom stereocenters. The maximum absolute atomic E-state index is 5.02. The topological polar surface area (TPSA) is 24.3 Å². The summed E-state index contributed by atoms with van der Waals surface area (Å²) in [6, 6.07) is 58.6. The first kappa shape index (κ1) is 35.6. The Hall–Kier alpha value is -6.13. The molecule has 8 aromatic rings. The van der Waals surface area contributed by atoms with E-state index in [1.807, 2.05) is 6.20 Å². The number of fused-ring (bicyclic) bond motifs is 4. The Morgan fingerprint density at radius 3 is 1.75 bits per heavy atom. The predicted octanol–water partition coefficient (Wildman–Crippen LogP) is 12.7. The number of pyridine rings is 1. The third-order valence-electron chi connectivity index (χ3n) is 11.8. The van der Waals surface area contributed by atoms with Crippen LogP contribution >= 0.6 is 0 Å². The van der Waals surface area contributed by atoms with Crippen molar-refractivity contribution in [3.05, 3.63) is 197 Å². The smallest absolute Gasteiger partial charge is 0.137 e. The molecule has 0 amide bonds. The summed E-state index contributed by atoms with van der Waals surface area (Å²) in [7, 11) is 2.19. The van der Waals surface area contributed by atoms with Gasteiger partial charge in [-0.1, -0.05) is 151 Å². The van der Waals surface area contributed by atoms with Crippen molar-refractivity contribution in [1.82, 2.24) is 9.55 Å². The highest BCUT2D eigenvalue weighted by Gasteiger charge is 2.40. The first-order valence-corrected chi connectivity index (χ1v) is 19.8. The van der Waals surface area contributed by atoms with E-state index in [4.69, 9.17) is 4.98 Å². The molecule has 0 N–H and O–H groups in total. The Morgan fingerprint density at radius 1 is 0.464 bits per heavy atom. The third kappa shape index (κ3) is 5.78. The van der Waals surface area contributed by atoms with Crippen LogP contribution in [-0.4, -0.2) is 23.3 Å². The van der Waals surface area contributed by atoms with E-state index in [0.29, 0.717) is 0 Å². The second-order valence-corrected chi connectivity index (χ2v) is 17.5. The van der Waals surface area contributed by atoms with Gasteiger partial charge in [-0.3, -0.25) is 4.57 Å². The second-order valence-electron chi connectivity index (χ2n) is 17.5. The molecule has 1 aliphatic rings. The lowest BCUT2D eigenvalue weighted by Crippen LogP contribution is -2.31. The fraction of sp³-hybridized carbons (Fsp3) is 0.212. The summed E-state index contributed by atoms with van der Waals surface area (Å²) < 4.78 is 2.37. The van der Waals surface area contributed by atoms with Crippen molar-refractivity contribution in [3.63, 3.8) is 0 Å². The van der Waals surface area contributed by atoms with Crippen molar-refractivity contribution in [2.75, 3.05) is 23.5 Å². The Morgan fingerprint density at radius 2 is 1.05 bits per heavy atom. The summed E-state index contributed by atoms with van der Waals surface area (Å²) in [5, 5.41) is 2.43. The first-order chi connectivity index (χ1) is 26.9. The predicted molar refractivity (Wildman–Crippen MR) is 236 cm³/mol. The van der Waals surface area contributed by atoms with Crippen molar-refractivity contribution >= 4 is 38.9 Å². The third-order valence-corrected chi connectivity index (χ3v) is 11.8. The van der Waals surface area contributed by atoms with E-state index in [0.717, 1.165) is 23.5 Å². The quantitative estimate of drug-likeness (QED) is 0.159. The molecule has 0 radical (unpaired) electrons. The van der Waals surface area contributed by atoms with Gasteiger partial charge in [0.2, 0.25) is 0 Å². The number of nitrogens with zero attached hydrogens (tertiary/aromatic N) is 4. The molecular weight excluding hydrogens is 681 g/mol. The van der Waals surface area contributed by atoms with Crippen LogP contribution in [0, 0.1) is 0 Å². The van der Waals surface area contributed by atoms with Crippen LogP contribution in [-0.2, 0) is 16.2 Å². The van der Waals surface area contributed by atoms with E-state index >= 15 is 0 Å². The number of hydrogen-bond donors (Lipinski definition) is 0. The molecule has 0 saturated carbocycles. The number of hydrogen-bond acceptors (Lipinski definition) is 3. The van der Waals surface area contributed by atoms with Crippen molar-refractivity contribution in [1.29, 1.82) is 0 Å². The summed E-state index contributed by atoms with van der Waals surface area (Å²) >= 11 is 0. The van der Waals surface area contributed by atoms with Crippen LogP contribution in [0.25, 0.3) is 27.6 Å². The van der Waals surface area contributed by atoms with Gasteiger partial charge < -0.3 is 9.80 Å². The largest absolute Gasteiger partial charge is 0.355 e. The zero-order valence-corrected chi connectivity index (χ0v) is 33.6. The molecule has 0 bridgehead atoms. The van der Waals surface area contributed by atoms with Gasteiger partial charge in [-0.05, 0) is 92.7 Å². The molecule has 0 atom stereocenters. The fourth-order valence-electron chi connectivity index (χ4n) is 8.86. The van der Waals surface area contributed by atoms with Gasteiger partial charge >= 0.3 is 0 Å². The molecule has 6 aromatic carbocycles. The van der Waals surface area contributed by atoms with Crippen molar-refractivity contribution in [2.24, 2.45) is 0 Å². The molecule has 4 nitrogen and oxygen atoms in total. The first-order valence-electron chi connectivity index (χ1n) is 19.8. The molecule has 9 rings (SSSR count). The van der Waals surface area contributed by atoms with Gasteiger partial charge in [-0.2, -0.15) is 0 Å². The molecule has 0 spiro atoms. The molecular formula is C52H50N4. The number of benzene rings is 6. The monoisotopic (exact) mass is 730 g/mol. The summed E-state index contributed by atoms with van der Waals surface area (Å²) in [6.45, 7) is 14.4. The van der Waals surface area contributed by atoms with Crippen molar-refractivity contribution in [2.45, 2.75) is 57.8 Å². The Labute approximate surface area is 331 Å². The summed E-state index contributed by atoms with van der Waals surface area (Å²) in [6.07, 6.45) is 1.96. The van der Waals surface area contributed by atoms with E-state index in [9.17, 15) is 0 Å². The van der Waals surface area contributed by atoms with Crippen LogP contribution in [0.15, 0.2) is 164 Å². The van der Waals surface area contributed by atoms with Gasteiger partial charge in [-0.25, -0.2) is 4.98 Å². The van der Waals surface area contributed by atoms with Gasteiger partial charge in [0.15, 0.2) is 0 Å². The fourth-order valence-corrected chi connectivity index (χ4v) is 8.86. The number of aromatic nitrogens is 2. The van der Waals surface area contributed by atoms with E-state index < -0.39 is 5.41 Å². The normalized spacial score (nSPS) is 13.5. The van der Waals surface area contributed by atoms with Gasteiger partial charge in [0, 0.05) is 29.7 Å². The van der Waals surface area contributed by atoms with Gasteiger partial charge in [-0.15, -0.1) is 0 Å². The van der Waals surface area contributed by atoms with Crippen molar-refractivity contribution < 1.29 is 0 Å². The Balaban J connectivity index is 1.33. The molecule has 0 aliphatic carbocycles. The van der Waals surface area contributed by atoms with Crippen molar-refractivity contribution in [3.8, 4) is 5.82 Å². The van der Waals surface area contributed by atoms with E-state index in [1.165, 1.54) is 61.2 Å². The summed E-state index contributed by atoms with van der Waals surface area (Å²) in [5.41, 5.74) is 12.8. The minimum absolute atomic E-state index is 0.0125. The second kappa shape index (κ2) is 13.3. The molecule has 0 saturated heterocycles. The van der Waals surface area contributed by atoms with Crippen LogP contribution < -0.4 is 9.80 Å². The molecule has 4 heteroatoms. The number of para-hydroxylation sites is 1. The molecule has 56 heavy (non-hydrogen) atoms. The van der Waals surface area contributed by atoms with Gasteiger partial charge in [0.05, 0.1) is 34.5 Å². The lowest BCUT2D eigenvalue weighted by molar-refractivity contribution is 0.588. The highest BCUT2D eigenvalue weighted by atomic mass is 15.4. The van der Waals surface area contributed by atoms with E-state index in [1.54, 1.807) is 0 Å². The summed E-state index contributed by atoms with van der Waals surface area (Å²) in [5.74, 6) is 0.930. The van der Waals surface area contributed by atoms with Crippen LogP contribution in [0.4, 0.5) is 17.1 Å². The minimum atomic E-state index is -0.642. The zero-order valence-electron chi connectivity index (χ0n) is 33.6. The molecule has 2 aromatic heterocycles. The summed E-state index contributed by atoms with van der Waals surface area (Å²) in [4.78, 5) is 9.85. The Bertz CT molecular complexity index is 2670. The minimum Gasteiger partial charge on any atom is -0.355 e. The lowest BCUT2D eigenvalue weighted by Gasteiger charge is -2.37. The molecule has 0 fully saturated rings. The number of rotatable bonds is 6. The molecule has 3 heterocycles. The van der Waals surface area contributed by atoms with E-state index in [2.05, 4.69) is 221 Å². The maximum atomic E-state index is 5.02. The maximum Gasteiger partial charge on any atom is 0.137 e. The van der Waals surface area contributed by atoms with Crippen LogP contribution in [0.5, 0.6) is 0 Å². The molecule has 278 valence electrons.